The SMILES string of the molecule is Cn1nncc1C(O)c1ccc2cc(Br)ccc2c1. The Morgan fingerprint density at radius 1 is 1.16 bits per heavy atom. The van der Waals surface area contributed by atoms with Crippen molar-refractivity contribution in [3.8, 4) is 0 Å². The Hall–Kier alpha value is -1.72. The van der Waals surface area contributed by atoms with Crippen LogP contribution in [0.3, 0.4) is 0 Å². The summed E-state index contributed by atoms with van der Waals surface area (Å²) in [4.78, 5) is 0. The molecule has 4 nitrogen and oxygen atoms in total. The summed E-state index contributed by atoms with van der Waals surface area (Å²) in [5.74, 6) is 0. The van der Waals surface area contributed by atoms with E-state index in [4.69, 9.17) is 0 Å². The molecule has 0 fully saturated rings. The molecule has 0 radical (unpaired) electrons. The van der Waals surface area contributed by atoms with Gasteiger partial charge in [-0.05, 0) is 34.5 Å². The molecule has 0 amide bonds. The average Bonchev–Trinajstić information content (AvgIpc) is 2.83. The molecule has 19 heavy (non-hydrogen) atoms. The highest BCUT2D eigenvalue weighted by Crippen LogP contribution is 2.26. The van der Waals surface area contributed by atoms with Crippen molar-refractivity contribution in [2.45, 2.75) is 6.10 Å². The molecular formula is C14H12BrN3O. The molecule has 1 aromatic heterocycles. The second-order valence-electron chi connectivity index (χ2n) is 4.44. The number of nitrogens with zero attached hydrogens (tertiary/aromatic N) is 3. The summed E-state index contributed by atoms with van der Waals surface area (Å²) in [5, 5.41) is 20.2. The van der Waals surface area contributed by atoms with Gasteiger partial charge in [-0.2, -0.15) is 0 Å². The quantitative estimate of drug-likeness (QED) is 0.790. The third-order valence-corrected chi connectivity index (χ3v) is 3.66. The van der Waals surface area contributed by atoms with Crippen molar-refractivity contribution < 1.29 is 5.11 Å². The molecule has 2 aromatic carbocycles. The molecule has 0 saturated heterocycles. The van der Waals surface area contributed by atoms with Crippen molar-refractivity contribution in [3.05, 3.63) is 58.3 Å². The number of aromatic nitrogens is 3. The number of aliphatic hydroxyl groups excluding tert-OH is 1. The number of fused-ring (bicyclic) bond motifs is 1. The van der Waals surface area contributed by atoms with E-state index in [1.807, 2.05) is 30.3 Å². The van der Waals surface area contributed by atoms with Crippen LogP contribution >= 0.6 is 15.9 Å². The third-order valence-electron chi connectivity index (χ3n) is 3.17. The molecule has 1 atom stereocenters. The summed E-state index contributed by atoms with van der Waals surface area (Å²) in [6.45, 7) is 0. The van der Waals surface area contributed by atoms with Gasteiger partial charge in [-0.3, -0.25) is 0 Å². The first-order chi connectivity index (χ1) is 9.15. The number of aryl methyl sites for hydroxylation is 1. The van der Waals surface area contributed by atoms with Gasteiger partial charge in [-0.25, -0.2) is 4.68 Å². The Labute approximate surface area is 118 Å². The number of benzene rings is 2. The van der Waals surface area contributed by atoms with E-state index < -0.39 is 6.10 Å². The zero-order valence-corrected chi connectivity index (χ0v) is 11.9. The molecule has 0 bridgehead atoms. The standard InChI is InChI=1S/C14H12BrN3O/c1-18-13(8-16-17-18)14(19)11-3-2-10-7-12(15)5-4-9(10)6-11/h2-8,14,19H,1H3. The molecule has 1 unspecified atom stereocenters. The van der Waals surface area contributed by atoms with E-state index in [0.29, 0.717) is 5.69 Å². The second kappa shape index (κ2) is 4.75. The Morgan fingerprint density at radius 2 is 1.89 bits per heavy atom. The smallest absolute Gasteiger partial charge is 0.122 e. The van der Waals surface area contributed by atoms with Crippen molar-refractivity contribution in [1.29, 1.82) is 0 Å². The van der Waals surface area contributed by atoms with Crippen LogP contribution in [0.2, 0.25) is 0 Å². The van der Waals surface area contributed by atoms with Gasteiger partial charge in [0.1, 0.15) is 6.10 Å². The highest BCUT2D eigenvalue weighted by molar-refractivity contribution is 9.10. The van der Waals surface area contributed by atoms with Crippen LogP contribution in [-0.2, 0) is 7.05 Å². The van der Waals surface area contributed by atoms with E-state index >= 15 is 0 Å². The molecule has 1 heterocycles. The number of rotatable bonds is 2. The Bertz CT molecular complexity index is 738. The van der Waals surface area contributed by atoms with Crippen molar-refractivity contribution in [1.82, 2.24) is 15.0 Å². The monoisotopic (exact) mass is 317 g/mol. The van der Waals surface area contributed by atoms with E-state index in [1.54, 1.807) is 17.9 Å². The molecule has 96 valence electrons. The highest BCUT2D eigenvalue weighted by atomic mass is 79.9. The van der Waals surface area contributed by atoms with Gasteiger partial charge in [0.15, 0.2) is 0 Å². The predicted octanol–water partition coefficient (Wildman–Crippen LogP) is 2.81. The maximum atomic E-state index is 10.4. The van der Waals surface area contributed by atoms with Gasteiger partial charge in [-0.15, -0.1) is 5.10 Å². The lowest BCUT2D eigenvalue weighted by Gasteiger charge is -2.11. The van der Waals surface area contributed by atoms with Crippen LogP contribution in [-0.4, -0.2) is 20.1 Å². The first-order valence-electron chi connectivity index (χ1n) is 5.87. The van der Waals surface area contributed by atoms with Crippen LogP contribution in [0.15, 0.2) is 47.1 Å². The van der Waals surface area contributed by atoms with Crippen molar-refractivity contribution in [3.63, 3.8) is 0 Å². The van der Waals surface area contributed by atoms with Gasteiger partial charge < -0.3 is 5.11 Å². The summed E-state index contributed by atoms with van der Waals surface area (Å²) < 4.78 is 2.63. The number of hydrogen-bond donors (Lipinski definition) is 1. The van der Waals surface area contributed by atoms with Gasteiger partial charge in [0, 0.05) is 11.5 Å². The topological polar surface area (TPSA) is 50.9 Å². The van der Waals surface area contributed by atoms with Crippen LogP contribution in [0.25, 0.3) is 10.8 Å². The van der Waals surface area contributed by atoms with E-state index in [0.717, 1.165) is 20.8 Å². The molecule has 0 aliphatic carbocycles. The summed E-state index contributed by atoms with van der Waals surface area (Å²) in [7, 11) is 1.77. The minimum Gasteiger partial charge on any atom is -0.382 e. The fourth-order valence-electron chi connectivity index (χ4n) is 2.12. The van der Waals surface area contributed by atoms with E-state index in [1.165, 1.54) is 0 Å². The largest absolute Gasteiger partial charge is 0.382 e. The van der Waals surface area contributed by atoms with Gasteiger partial charge in [0.05, 0.1) is 11.9 Å². The number of halogens is 1. The fraction of sp³-hybridized carbons (Fsp3) is 0.143. The maximum Gasteiger partial charge on any atom is 0.122 e. The zero-order chi connectivity index (χ0) is 13.4. The first-order valence-corrected chi connectivity index (χ1v) is 6.66. The lowest BCUT2D eigenvalue weighted by molar-refractivity contribution is 0.210. The van der Waals surface area contributed by atoms with Gasteiger partial charge in [0.25, 0.3) is 0 Å². The minimum atomic E-state index is -0.715. The number of aliphatic hydroxyl groups is 1. The Kier molecular flexibility index (Phi) is 3.08. The van der Waals surface area contributed by atoms with Crippen molar-refractivity contribution in [2.75, 3.05) is 0 Å². The molecule has 5 heteroatoms. The van der Waals surface area contributed by atoms with Crippen LogP contribution in [0.5, 0.6) is 0 Å². The average molecular weight is 318 g/mol. The molecule has 3 rings (SSSR count). The minimum absolute atomic E-state index is 0.677. The van der Waals surface area contributed by atoms with Gasteiger partial charge in [0.2, 0.25) is 0 Å². The van der Waals surface area contributed by atoms with Crippen LogP contribution < -0.4 is 0 Å². The summed E-state index contributed by atoms with van der Waals surface area (Å²) in [6, 6.07) is 12.0. The molecule has 3 aromatic rings. The summed E-state index contributed by atoms with van der Waals surface area (Å²) in [6.07, 6.45) is 0.865. The normalized spacial score (nSPS) is 12.8. The molecule has 0 spiro atoms. The second-order valence-corrected chi connectivity index (χ2v) is 5.35. The lowest BCUT2D eigenvalue weighted by atomic mass is 10.0. The van der Waals surface area contributed by atoms with E-state index in [-0.39, 0.29) is 0 Å². The van der Waals surface area contributed by atoms with Crippen LogP contribution in [0.1, 0.15) is 17.4 Å². The zero-order valence-electron chi connectivity index (χ0n) is 10.3. The van der Waals surface area contributed by atoms with Crippen molar-refractivity contribution >= 4 is 26.7 Å². The molecule has 0 aliphatic rings. The fourth-order valence-corrected chi connectivity index (χ4v) is 2.50. The van der Waals surface area contributed by atoms with Gasteiger partial charge >= 0.3 is 0 Å². The highest BCUT2D eigenvalue weighted by Gasteiger charge is 2.15. The maximum absolute atomic E-state index is 10.4. The van der Waals surface area contributed by atoms with E-state index in [9.17, 15) is 5.11 Å². The Balaban J connectivity index is 2.06. The Morgan fingerprint density at radius 3 is 2.63 bits per heavy atom. The first kappa shape index (κ1) is 12.3. The number of hydrogen-bond acceptors (Lipinski definition) is 3. The molecule has 0 saturated carbocycles. The molecular weight excluding hydrogens is 306 g/mol. The van der Waals surface area contributed by atoms with Gasteiger partial charge in [-0.1, -0.05) is 39.3 Å². The third kappa shape index (κ3) is 2.27. The molecule has 0 aliphatic heterocycles. The van der Waals surface area contributed by atoms with E-state index in [2.05, 4.69) is 32.3 Å². The summed E-state index contributed by atoms with van der Waals surface area (Å²) in [5.41, 5.74) is 1.51. The summed E-state index contributed by atoms with van der Waals surface area (Å²) >= 11 is 3.45. The van der Waals surface area contributed by atoms with Crippen molar-refractivity contribution in [2.24, 2.45) is 7.05 Å². The molecule has 1 N–H and O–H groups in total. The van der Waals surface area contributed by atoms with Crippen LogP contribution in [0.4, 0.5) is 0 Å². The lowest BCUT2D eigenvalue weighted by Crippen LogP contribution is -2.06. The predicted molar refractivity (Wildman–Crippen MR) is 76.7 cm³/mol. The van der Waals surface area contributed by atoms with Crippen LogP contribution in [0, 0.1) is 0 Å².